The molecular formula is C19H31N3O2. The van der Waals surface area contributed by atoms with E-state index in [1.54, 1.807) is 13.2 Å². The molecule has 0 aromatic heterocycles. The second kappa shape index (κ2) is 9.04. The van der Waals surface area contributed by atoms with Crippen molar-refractivity contribution < 1.29 is 9.53 Å². The highest BCUT2D eigenvalue weighted by Gasteiger charge is 2.18. The van der Waals surface area contributed by atoms with Gasteiger partial charge in [0.2, 0.25) is 0 Å². The SMILES string of the molecule is CCN1CCN(C[C@H](C)CNC(=O)c2ccc(C)c(OC)c2)CC1. The van der Waals surface area contributed by atoms with Gasteiger partial charge in [-0.15, -0.1) is 0 Å². The van der Waals surface area contributed by atoms with E-state index < -0.39 is 0 Å². The molecule has 0 saturated carbocycles. The van der Waals surface area contributed by atoms with Crippen LogP contribution in [-0.4, -0.2) is 68.6 Å². The van der Waals surface area contributed by atoms with E-state index in [2.05, 4.69) is 29.0 Å². The van der Waals surface area contributed by atoms with Crippen LogP contribution in [0.4, 0.5) is 0 Å². The zero-order chi connectivity index (χ0) is 17.5. The van der Waals surface area contributed by atoms with Crippen LogP contribution in [0.3, 0.4) is 0 Å². The van der Waals surface area contributed by atoms with Crippen LogP contribution in [0.5, 0.6) is 5.75 Å². The molecule has 0 aliphatic carbocycles. The van der Waals surface area contributed by atoms with Crippen LogP contribution in [0.2, 0.25) is 0 Å². The number of nitrogens with one attached hydrogen (secondary N) is 1. The first kappa shape index (κ1) is 18.7. The van der Waals surface area contributed by atoms with Gasteiger partial charge in [-0.25, -0.2) is 0 Å². The lowest BCUT2D eigenvalue weighted by Crippen LogP contribution is -2.48. The highest BCUT2D eigenvalue weighted by molar-refractivity contribution is 5.94. The van der Waals surface area contributed by atoms with E-state index in [-0.39, 0.29) is 5.91 Å². The van der Waals surface area contributed by atoms with Gasteiger partial charge in [-0.3, -0.25) is 4.79 Å². The summed E-state index contributed by atoms with van der Waals surface area (Å²) in [5.74, 6) is 1.16. The number of carbonyl (C=O) groups is 1. The number of ether oxygens (including phenoxy) is 1. The van der Waals surface area contributed by atoms with Gasteiger partial charge in [0, 0.05) is 44.8 Å². The number of carbonyl (C=O) groups excluding carboxylic acids is 1. The second-order valence-electron chi connectivity index (χ2n) is 6.73. The molecule has 1 heterocycles. The lowest BCUT2D eigenvalue weighted by molar-refractivity contribution is 0.0933. The minimum atomic E-state index is -0.0315. The fourth-order valence-corrected chi connectivity index (χ4v) is 3.12. The zero-order valence-corrected chi connectivity index (χ0v) is 15.5. The Morgan fingerprint density at radius 1 is 1.25 bits per heavy atom. The number of hydrogen-bond donors (Lipinski definition) is 1. The minimum absolute atomic E-state index is 0.0315. The molecule has 134 valence electrons. The van der Waals surface area contributed by atoms with Crippen molar-refractivity contribution in [3.05, 3.63) is 29.3 Å². The molecule has 1 aromatic rings. The Labute approximate surface area is 146 Å². The Kier molecular flexibility index (Phi) is 7.06. The third-order valence-electron chi connectivity index (χ3n) is 4.76. The maximum atomic E-state index is 12.3. The van der Waals surface area contributed by atoms with Crippen LogP contribution < -0.4 is 10.1 Å². The number of nitrogens with zero attached hydrogens (tertiary/aromatic N) is 2. The fourth-order valence-electron chi connectivity index (χ4n) is 3.12. The standard InChI is InChI=1S/C19H31N3O2/c1-5-21-8-10-22(11-9-21)14-15(2)13-20-19(23)17-7-6-16(3)18(12-17)24-4/h6-7,12,15H,5,8-11,13-14H2,1-4H3,(H,20,23)/t15-/m1/s1. The Bertz CT molecular complexity index is 539. The number of aryl methyl sites for hydroxylation is 1. The van der Waals surface area contributed by atoms with Crippen molar-refractivity contribution >= 4 is 5.91 Å². The summed E-state index contributed by atoms with van der Waals surface area (Å²) in [6.07, 6.45) is 0. The van der Waals surface area contributed by atoms with Gasteiger partial charge in [0.25, 0.3) is 5.91 Å². The van der Waals surface area contributed by atoms with Crippen LogP contribution in [0, 0.1) is 12.8 Å². The number of amides is 1. The molecule has 5 heteroatoms. The van der Waals surface area contributed by atoms with Crippen LogP contribution in [0.15, 0.2) is 18.2 Å². The van der Waals surface area contributed by atoms with Gasteiger partial charge in [-0.2, -0.15) is 0 Å². The first-order valence-corrected chi connectivity index (χ1v) is 8.91. The molecule has 1 saturated heterocycles. The molecule has 2 rings (SSSR count). The summed E-state index contributed by atoms with van der Waals surface area (Å²) in [5, 5.41) is 3.05. The summed E-state index contributed by atoms with van der Waals surface area (Å²) in [5.41, 5.74) is 1.69. The molecule has 1 fully saturated rings. The predicted molar refractivity (Wildman–Crippen MR) is 97.8 cm³/mol. The van der Waals surface area contributed by atoms with Gasteiger partial charge in [0.05, 0.1) is 7.11 Å². The van der Waals surface area contributed by atoms with E-state index in [9.17, 15) is 4.79 Å². The highest BCUT2D eigenvalue weighted by atomic mass is 16.5. The molecule has 24 heavy (non-hydrogen) atoms. The topological polar surface area (TPSA) is 44.8 Å². The lowest BCUT2D eigenvalue weighted by Gasteiger charge is -2.35. The molecule has 1 aliphatic heterocycles. The molecule has 1 atom stereocenters. The number of likely N-dealkylation sites (N-methyl/N-ethyl adjacent to an activating group) is 1. The third kappa shape index (κ3) is 5.21. The smallest absolute Gasteiger partial charge is 0.251 e. The molecule has 5 nitrogen and oxygen atoms in total. The second-order valence-corrected chi connectivity index (χ2v) is 6.73. The quantitative estimate of drug-likeness (QED) is 0.829. The van der Waals surface area contributed by atoms with Crippen molar-refractivity contribution in [2.24, 2.45) is 5.92 Å². The molecule has 0 bridgehead atoms. The molecule has 1 N–H and O–H groups in total. The summed E-state index contributed by atoms with van der Waals surface area (Å²) in [6, 6.07) is 5.57. The van der Waals surface area contributed by atoms with Gasteiger partial charge in [-0.05, 0) is 37.1 Å². The van der Waals surface area contributed by atoms with Crippen molar-refractivity contribution in [2.75, 3.05) is 52.9 Å². The number of rotatable bonds is 7. The molecule has 1 amide bonds. The summed E-state index contributed by atoms with van der Waals surface area (Å²) < 4.78 is 5.29. The maximum absolute atomic E-state index is 12.3. The van der Waals surface area contributed by atoms with Crippen molar-refractivity contribution in [1.29, 1.82) is 0 Å². The number of hydrogen-bond acceptors (Lipinski definition) is 4. The molecule has 0 radical (unpaired) electrons. The molecule has 0 unspecified atom stereocenters. The van der Waals surface area contributed by atoms with E-state index in [1.807, 2.05) is 19.1 Å². The Morgan fingerprint density at radius 3 is 2.54 bits per heavy atom. The van der Waals surface area contributed by atoms with E-state index in [0.29, 0.717) is 18.0 Å². The summed E-state index contributed by atoms with van der Waals surface area (Å²) in [6.45, 7) is 13.8. The molecule has 1 aromatic carbocycles. The monoisotopic (exact) mass is 333 g/mol. The van der Waals surface area contributed by atoms with Crippen molar-refractivity contribution in [3.63, 3.8) is 0 Å². The highest BCUT2D eigenvalue weighted by Crippen LogP contribution is 2.18. The first-order valence-electron chi connectivity index (χ1n) is 8.91. The molecule has 1 aliphatic rings. The van der Waals surface area contributed by atoms with Crippen LogP contribution in [-0.2, 0) is 0 Å². The Morgan fingerprint density at radius 2 is 1.92 bits per heavy atom. The van der Waals surface area contributed by atoms with Gasteiger partial charge in [0.1, 0.15) is 5.75 Å². The van der Waals surface area contributed by atoms with Crippen LogP contribution >= 0.6 is 0 Å². The minimum Gasteiger partial charge on any atom is -0.496 e. The largest absolute Gasteiger partial charge is 0.496 e. The Hall–Kier alpha value is -1.59. The number of methoxy groups -OCH3 is 1. The number of piperazine rings is 1. The number of benzene rings is 1. The van der Waals surface area contributed by atoms with Crippen LogP contribution in [0.25, 0.3) is 0 Å². The van der Waals surface area contributed by atoms with E-state index >= 15 is 0 Å². The predicted octanol–water partition coefficient (Wildman–Crippen LogP) is 2.01. The van der Waals surface area contributed by atoms with E-state index in [0.717, 1.165) is 50.6 Å². The van der Waals surface area contributed by atoms with Crippen molar-refractivity contribution in [2.45, 2.75) is 20.8 Å². The van der Waals surface area contributed by atoms with Crippen LogP contribution in [0.1, 0.15) is 29.8 Å². The van der Waals surface area contributed by atoms with Gasteiger partial charge >= 0.3 is 0 Å². The Balaban J connectivity index is 1.77. The first-order chi connectivity index (χ1) is 11.5. The van der Waals surface area contributed by atoms with E-state index in [1.165, 1.54) is 0 Å². The zero-order valence-electron chi connectivity index (χ0n) is 15.5. The lowest BCUT2D eigenvalue weighted by atomic mass is 10.1. The van der Waals surface area contributed by atoms with Crippen molar-refractivity contribution in [3.8, 4) is 5.75 Å². The average Bonchev–Trinajstić information content (AvgIpc) is 2.60. The van der Waals surface area contributed by atoms with Gasteiger partial charge < -0.3 is 19.9 Å². The fraction of sp³-hybridized carbons (Fsp3) is 0.632. The van der Waals surface area contributed by atoms with E-state index in [4.69, 9.17) is 4.74 Å². The van der Waals surface area contributed by atoms with Crippen molar-refractivity contribution in [1.82, 2.24) is 15.1 Å². The summed E-state index contributed by atoms with van der Waals surface area (Å²) in [4.78, 5) is 17.3. The van der Waals surface area contributed by atoms with Gasteiger partial charge in [-0.1, -0.05) is 19.9 Å². The molecular weight excluding hydrogens is 302 g/mol. The third-order valence-corrected chi connectivity index (χ3v) is 4.76. The summed E-state index contributed by atoms with van der Waals surface area (Å²) in [7, 11) is 1.63. The normalized spacial score (nSPS) is 17.5. The molecule has 0 spiro atoms. The average molecular weight is 333 g/mol. The summed E-state index contributed by atoms with van der Waals surface area (Å²) >= 11 is 0. The van der Waals surface area contributed by atoms with Gasteiger partial charge in [0.15, 0.2) is 0 Å². The maximum Gasteiger partial charge on any atom is 0.251 e.